The van der Waals surface area contributed by atoms with Gasteiger partial charge in [0.05, 0.1) is 12.0 Å². The van der Waals surface area contributed by atoms with Crippen LogP contribution in [0.4, 0.5) is 10.1 Å². The maximum absolute atomic E-state index is 14.1. The molecule has 2 aromatic carbocycles. The molecular formula is C18H14FN3O. The maximum Gasteiger partial charge on any atom is 0.248 e. The number of hydrogen-bond donors (Lipinski definition) is 1. The van der Waals surface area contributed by atoms with Gasteiger partial charge in [0.1, 0.15) is 5.82 Å². The Hall–Kier alpha value is -3.21. The Kier molecular flexibility index (Phi) is 4.29. The van der Waals surface area contributed by atoms with E-state index in [0.29, 0.717) is 11.4 Å². The van der Waals surface area contributed by atoms with E-state index in [4.69, 9.17) is 0 Å². The molecule has 5 heteroatoms. The summed E-state index contributed by atoms with van der Waals surface area (Å²) < 4.78 is 15.7. The number of amides is 1. The number of hydrogen-bond acceptors (Lipinski definition) is 2. The summed E-state index contributed by atoms with van der Waals surface area (Å²) in [7, 11) is 0. The minimum Gasteiger partial charge on any atom is -0.322 e. The normalized spacial score (nSPS) is 10.8. The number of anilines is 1. The minimum absolute atomic E-state index is 0.316. The Morgan fingerprint density at radius 2 is 2.00 bits per heavy atom. The molecular weight excluding hydrogens is 293 g/mol. The molecule has 0 radical (unpaired) electrons. The molecule has 0 fully saturated rings. The van der Waals surface area contributed by atoms with Gasteiger partial charge in [-0.05, 0) is 29.8 Å². The number of carbonyl (C=O) groups excluding carboxylic acids is 1. The predicted molar refractivity (Wildman–Crippen MR) is 87.6 cm³/mol. The fraction of sp³-hybridized carbons (Fsp3) is 0. The molecule has 0 unspecified atom stereocenters. The molecule has 0 aliphatic heterocycles. The maximum atomic E-state index is 14.1. The Morgan fingerprint density at radius 1 is 1.17 bits per heavy atom. The quantitative estimate of drug-likeness (QED) is 0.748. The lowest BCUT2D eigenvalue weighted by Crippen LogP contribution is -2.08. The molecule has 0 saturated carbocycles. The molecule has 0 atom stereocenters. The van der Waals surface area contributed by atoms with Gasteiger partial charge in [-0.1, -0.05) is 30.3 Å². The number of benzene rings is 2. The second kappa shape index (κ2) is 6.70. The molecule has 1 heterocycles. The third kappa shape index (κ3) is 3.71. The van der Waals surface area contributed by atoms with E-state index in [9.17, 15) is 9.18 Å². The van der Waals surface area contributed by atoms with Gasteiger partial charge in [0.15, 0.2) is 0 Å². The number of rotatable bonds is 4. The van der Waals surface area contributed by atoms with Gasteiger partial charge in [-0.3, -0.25) is 4.79 Å². The van der Waals surface area contributed by atoms with Crippen LogP contribution in [0.3, 0.4) is 0 Å². The smallest absolute Gasteiger partial charge is 0.248 e. The van der Waals surface area contributed by atoms with E-state index in [1.165, 1.54) is 18.5 Å². The zero-order valence-corrected chi connectivity index (χ0v) is 12.2. The van der Waals surface area contributed by atoms with E-state index in [0.717, 1.165) is 5.56 Å². The van der Waals surface area contributed by atoms with Crippen LogP contribution >= 0.6 is 0 Å². The molecule has 1 N–H and O–H groups in total. The molecule has 1 amide bonds. The lowest BCUT2D eigenvalue weighted by molar-refractivity contribution is -0.111. The van der Waals surface area contributed by atoms with Crippen LogP contribution in [0.2, 0.25) is 0 Å². The van der Waals surface area contributed by atoms with Crippen molar-refractivity contribution in [2.24, 2.45) is 0 Å². The highest BCUT2D eigenvalue weighted by Gasteiger charge is 2.06. The second-order valence-corrected chi connectivity index (χ2v) is 4.87. The van der Waals surface area contributed by atoms with Crippen LogP contribution < -0.4 is 5.32 Å². The zero-order valence-electron chi connectivity index (χ0n) is 12.2. The first kappa shape index (κ1) is 14.7. The number of halogens is 1. The van der Waals surface area contributed by atoms with Crippen molar-refractivity contribution in [2.75, 3.05) is 5.32 Å². The van der Waals surface area contributed by atoms with Gasteiger partial charge in [-0.2, -0.15) is 0 Å². The molecule has 0 saturated heterocycles. The molecule has 4 nitrogen and oxygen atoms in total. The molecule has 3 aromatic rings. The number of carbonyl (C=O) groups is 1. The Balaban J connectivity index is 1.70. The topological polar surface area (TPSA) is 46.9 Å². The van der Waals surface area contributed by atoms with E-state index in [1.54, 1.807) is 35.2 Å². The molecule has 0 aliphatic rings. The average Bonchev–Trinajstić information content (AvgIpc) is 3.08. The predicted octanol–water partition coefficient (Wildman–Crippen LogP) is 3.66. The molecule has 1 aromatic heterocycles. The van der Waals surface area contributed by atoms with Crippen LogP contribution in [-0.4, -0.2) is 15.5 Å². The van der Waals surface area contributed by atoms with Gasteiger partial charge >= 0.3 is 0 Å². The van der Waals surface area contributed by atoms with Crippen molar-refractivity contribution >= 4 is 17.7 Å². The summed E-state index contributed by atoms with van der Waals surface area (Å²) in [5, 5.41) is 2.63. The minimum atomic E-state index is -0.437. The summed E-state index contributed by atoms with van der Waals surface area (Å²) in [5.74, 6) is -0.753. The Labute approximate surface area is 132 Å². The highest BCUT2D eigenvalue weighted by molar-refractivity contribution is 6.01. The zero-order chi connectivity index (χ0) is 16.1. The van der Waals surface area contributed by atoms with Crippen molar-refractivity contribution in [2.45, 2.75) is 0 Å². The van der Waals surface area contributed by atoms with Gasteiger partial charge in [-0.25, -0.2) is 9.37 Å². The average molecular weight is 307 g/mol. The summed E-state index contributed by atoms with van der Waals surface area (Å²) in [6.45, 7) is 0. The fourth-order valence-corrected chi connectivity index (χ4v) is 2.12. The summed E-state index contributed by atoms with van der Waals surface area (Å²) in [6, 6.07) is 14.0. The molecule has 23 heavy (non-hydrogen) atoms. The molecule has 0 aliphatic carbocycles. The van der Waals surface area contributed by atoms with Crippen LogP contribution in [0.1, 0.15) is 5.56 Å². The SMILES string of the molecule is O=C(/C=C/c1ccccc1)Nc1ccc(-n2ccnc2)c(F)c1. The second-order valence-electron chi connectivity index (χ2n) is 4.87. The highest BCUT2D eigenvalue weighted by Crippen LogP contribution is 2.18. The number of nitrogens with zero attached hydrogens (tertiary/aromatic N) is 2. The Morgan fingerprint density at radius 3 is 2.70 bits per heavy atom. The lowest BCUT2D eigenvalue weighted by Gasteiger charge is -2.07. The molecule has 0 bridgehead atoms. The van der Waals surface area contributed by atoms with Gasteiger partial charge < -0.3 is 9.88 Å². The summed E-state index contributed by atoms with van der Waals surface area (Å²) >= 11 is 0. The first-order chi connectivity index (χ1) is 11.2. The number of imidazole rings is 1. The van der Waals surface area contributed by atoms with E-state index in [1.807, 2.05) is 30.3 Å². The summed E-state index contributed by atoms with van der Waals surface area (Å²) in [5.41, 5.74) is 1.69. The monoisotopic (exact) mass is 307 g/mol. The van der Waals surface area contributed by atoms with Crippen molar-refractivity contribution < 1.29 is 9.18 Å². The van der Waals surface area contributed by atoms with Crippen LogP contribution in [0, 0.1) is 5.82 Å². The van der Waals surface area contributed by atoms with Crippen molar-refractivity contribution in [3.63, 3.8) is 0 Å². The van der Waals surface area contributed by atoms with Gasteiger partial charge in [0, 0.05) is 24.2 Å². The number of nitrogens with one attached hydrogen (secondary N) is 1. The van der Waals surface area contributed by atoms with Crippen molar-refractivity contribution in [1.29, 1.82) is 0 Å². The van der Waals surface area contributed by atoms with Gasteiger partial charge in [-0.15, -0.1) is 0 Å². The van der Waals surface area contributed by atoms with Gasteiger partial charge in [0.2, 0.25) is 5.91 Å². The van der Waals surface area contributed by atoms with Crippen molar-refractivity contribution in [3.05, 3.63) is 84.7 Å². The summed E-state index contributed by atoms with van der Waals surface area (Å²) in [6.07, 6.45) is 7.85. The first-order valence-corrected chi connectivity index (χ1v) is 7.04. The van der Waals surface area contributed by atoms with Crippen LogP contribution in [0.25, 0.3) is 11.8 Å². The van der Waals surface area contributed by atoms with E-state index < -0.39 is 5.82 Å². The first-order valence-electron chi connectivity index (χ1n) is 7.04. The third-order valence-corrected chi connectivity index (χ3v) is 3.22. The molecule has 0 spiro atoms. The summed E-state index contributed by atoms with van der Waals surface area (Å²) in [4.78, 5) is 15.8. The van der Waals surface area contributed by atoms with Crippen molar-refractivity contribution in [1.82, 2.24) is 9.55 Å². The number of aromatic nitrogens is 2. The fourth-order valence-electron chi connectivity index (χ4n) is 2.12. The lowest BCUT2D eigenvalue weighted by atomic mass is 10.2. The standard InChI is InChI=1S/C18H14FN3O/c19-16-12-15(7-8-17(16)22-11-10-20-13-22)21-18(23)9-6-14-4-2-1-3-5-14/h1-13H,(H,21,23)/b9-6+. The van der Waals surface area contributed by atoms with E-state index >= 15 is 0 Å². The largest absolute Gasteiger partial charge is 0.322 e. The van der Waals surface area contributed by atoms with E-state index in [2.05, 4.69) is 10.3 Å². The van der Waals surface area contributed by atoms with Crippen LogP contribution in [-0.2, 0) is 4.79 Å². The van der Waals surface area contributed by atoms with Crippen LogP contribution in [0.5, 0.6) is 0 Å². The van der Waals surface area contributed by atoms with Crippen LogP contribution in [0.15, 0.2) is 73.3 Å². The van der Waals surface area contributed by atoms with Gasteiger partial charge in [0.25, 0.3) is 0 Å². The molecule has 3 rings (SSSR count). The highest BCUT2D eigenvalue weighted by atomic mass is 19.1. The Bertz CT molecular complexity index is 827. The molecule has 114 valence electrons. The third-order valence-electron chi connectivity index (χ3n) is 3.22. The van der Waals surface area contributed by atoms with E-state index in [-0.39, 0.29) is 5.91 Å². The van der Waals surface area contributed by atoms with Crippen molar-refractivity contribution in [3.8, 4) is 5.69 Å².